The van der Waals surface area contributed by atoms with Crippen LogP contribution in [0.15, 0.2) is 12.1 Å². The second-order valence-electron chi connectivity index (χ2n) is 6.05. The van der Waals surface area contributed by atoms with Gasteiger partial charge in [-0.15, -0.1) is 0 Å². The minimum atomic E-state index is -3.52. The van der Waals surface area contributed by atoms with E-state index in [1.807, 2.05) is 26.0 Å². The van der Waals surface area contributed by atoms with Crippen molar-refractivity contribution < 1.29 is 13.2 Å². The average Bonchev–Trinajstić information content (AvgIpc) is 2.80. The number of hydrogen-bond acceptors (Lipinski definition) is 3. The van der Waals surface area contributed by atoms with Crippen LogP contribution in [0, 0.1) is 19.3 Å². The topological polar surface area (TPSA) is 43.4 Å². The normalized spacial score (nSPS) is 17.9. The zero-order valence-corrected chi connectivity index (χ0v) is 14.6. The van der Waals surface area contributed by atoms with Crippen molar-refractivity contribution in [3.05, 3.63) is 28.3 Å². The Hall–Kier alpha value is -0.450. The van der Waals surface area contributed by atoms with E-state index in [-0.39, 0.29) is 11.2 Å². The van der Waals surface area contributed by atoms with Crippen LogP contribution in [0.3, 0.4) is 0 Å². The number of aryl methyl sites for hydroxylation is 2. The van der Waals surface area contributed by atoms with Crippen LogP contribution in [0.5, 0.6) is 5.75 Å². The minimum absolute atomic E-state index is 0.0207. The van der Waals surface area contributed by atoms with E-state index < -0.39 is 9.05 Å². The maximum atomic E-state index is 11.4. The van der Waals surface area contributed by atoms with Crippen molar-refractivity contribution in [2.24, 2.45) is 5.41 Å². The number of halogens is 2. The molecule has 1 saturated carbocycles. The largest absolute Gasteiger partial charge is 0.493 e. The third kappa shape index (κ3) is 4.51. The molecule has 0 N–H and O–H groups in total. The molecular formula is C15H20Cl2O3S. The van der Waals surface area contributed by atoms with Gasteiger partial charge in [-0.25, -0.2) is 8.42 Å². The molecule has 0 aliphatic heterocycles. The summed E-state index contributed by atoms with van der Waals surface area (Å²) in [6, 6.07) is 3.76. The van der Waals surface area contributed by atoms with E-state index >= 15 is 0 Å². The van der Waals surface area contributed by atoms with E-state index in [1.54, 1.807) is 0 Å². The molecule has 0 amide bonds. The van der Waals surface area contributed by atoms with Gasteiger partial charge in [-0.3, -0.25) is 0 Å². The van der Waals surface area contributed by atoms with E-state index in [0.29, 0.717) is 6.61 Å². The second kappa shape index (κ2) is 6.35. The van der Waals surface area contributed by atoms with Gasteiger partial charge in [0.05, 0.1) is 12.4 Å². The molecule has 1 aliphatic rings. The van der Waals surface area contributed by atoms with Gasteiger partial charge in [-0.05, 0) is 49.9 Å². The van der Waals surface area contributed by atoms with Gasteiger partial charge < -0.3 is 4.74 Å². The molecule has 6 heteroatoms. The molecule has 3 nitrogen and oxygen atoms in total. The molecule has 2 rings (SSSR count). The minimum Gasteiger partial charge on any atom is -0.493 e. The lowest BCUT2D eigenvalue weighted by molar-refractivity contribution is 0.171. The Balaban J connectivity index is 2.13. The van der Waals surface area contributed by atoms with Crippen LogP contribution in [0.25, 0.3) is 0 Å². The molecule has 0 aromatic heterocycles. The molecule has 0 saturated heterocycles. The maximum Gasteiger partial charge on any atom is 0.233 e. The summed E-state index contributed by atoms with van der Waals surface area (Å²) in [6.07, 6.45) is 3.72. The molecule has 0 atom stereocenters. The van der Waals surface area contributed by atoms with E-state index in [4.69, 9.17) is 27.0 Å². The van der Waals surface area contributed by atoms with Crippen LogP contribution in [-0.2, 0) is 9.05 Å². The van der Waals surface area contributed by atoms with Gasteiger partial charge in [0.1, 0.15) is 5.75 Å². The summed E-state index contributed by atoms with van der Waals surface area (Å²) in [5.74, 6) is 0.709. The predicted octanol–water partition coefficient (Wildman–Crippen LogP) is 4.46. The van der Waals surface area contributed by atoms with Gasteiger partial charge in [-0.1, -0.05) is 24.4 Å². The fourth-order valence-corrected chi connectivity index (χ4v) is 4.95. The Morgan fingerprint density at radius 1 is 1.19 bits per heavy atom. The first-order valence-corrected chi connectivity index (χ1v) is 9.88. The van der Waals surface area contributed by atoms with Crippen molar-refractivity contribution in [1.82, 2.24) is 0 Å². The summed E-state index contributed by atoms with van der Waals surface area (Å²) in [5.41, 5.74) is 1.55. The fourth-order valence-electron chi connectivity index (χ4n) is 3.05. The van der Waals surface area contributed by atoms with Crippen molar-refractivity contribution in [3.8, 4) is 5.75 Å². The lowest BCUT2D eigenvalue weighted by atomic mass is 9.90. The van der Waals surface area contributed by atoms with Crippen LogP contribution < -0.4 is 4.74 Å². The Kier molecular flexibility index (Phi) is 5.11. The summed E-state index contributed by atoms with van der Waals surface area (Å²) in [5, 5.41) is 0.737. The second-order valence-corrected chi connectivity index (χ2v) is 9.20. The van der Waals surface area contributed by atoms with E-state index in [9.17, 15) is 8.42 Å². The first-order chi connectivity index (χ1) is 9.71. The molecule has 118 valence electrons. The van der Waals surface area contributed by atoms with Gasteiger partial charge >= 0.3 is 0 Å². The van der Waals surface area contributed by atoms with Crippen molar-refractivity contribution in [2.75, 3.05) is 12.4 Å². The molecule has 0 spiro atoms. The van der Waals surface area contributed by atoms with Crippen molar-refractivity contribution in [2.45, 2.75) is 39.5 Å². The molecule has 0 bridgehead atoms. The highest BCUT2D eigenvalue weighted by molar-refractivity contribution is 8.13. The van der Waals surface area contributed by atoms with Crippen molar-refractivity contribution in [1.29, 1.82) is 0 Å². The zero-order chi connectivity index (χ0) is 15.7. The van der Waals surface area contributed by atoms with E-state index in [0.717, 1.165) is 47.6 Å². The summed E-state index contributed by atoms with van der Waals surface area (Å²) in [6.45, 7) is 4.23. The number of benzene rings is 1. The number of rotatable bonds is 5. The first-order valence-electron chi connectivity index (χ1n) is 7.03. The van der Waals surface area contributed by atoms with Gasteiger partial charge in [0.25, 0.3) is 0 Å². The molecule has 1 fully saturated rings. The van der Waals surface area contributed by atoms with E-state index in [2.05, 4.69) is 0 Å². The van der Waals surface area contributed by atoms with Gasteiger partial charge in [0.2, 0.25) is 9.05 Å². The van der Waals surface area contributed by atoms with Crippen LogP contribution in [-0.4, -0.2) is 20.8 Å². The first kappa shape index (κ1) is 16.9. The molecule has 1 aliphatic carbocycles. The van der Waals surface area contributed by atoms with Crippen LogP contribution in [0.2, 0.25) is 5.02 Å². The van der Waals surface area contributed by atoms with Gasteiger partial charge in [0, 0.05) is 21.1 Å². The quantitative estimate of drug-likeness (QED) is 0.736. The summed E-state index contributed by atoms with van der Waals surface area (Å²) in [4.78, 5) is 0. The van der Waals surface area contributed by atoms with Gasteiger partial charge in [-0.2, -0.15) is 0 Å². The lowest BCUT2D eigenvalue weighted by Gasteiger charge is -2.27. The third-order valence-corrected chi connectivity index (χ3v) is 5.98. The lowest BCUT2D eigenvalue weighted by Crippen LogP contribution is -2.32. The monoisotopic (exact) mass is 350 g/mol. The fraction of sp³-hybridized carbons (Fsp3) is 0.600. The third-order valence-electron chi connectivity index (χ3n) is 4.10. The Morgan fingerprint density at radius 3 is 2.19 bits per heavy atom. The zero-order valence-electron chi connectivity index (χ0n) is 12.3. The molecule has 1 aromatic rings. The average molecular weight is 351 g/mol. The SMILES string of the molecule is Cc1cc(OCC2(CS(=O)(=O)Cl)CCCC2)cc(C)c1Cl. The Labute approximate surface area is 136 Å². The van der Waals surface area contributed by atoms with Crippen LogP contribution in [0.4, 0.5) is 0 Å². The van der Waals surface area contributed by atoms with Crippen molar-refractivity contribution >= 4 is 31.3 Å². The molecule has 21 heavy (non-hydrogen) atoms. The highest BCUT2D eigenvalue weighted by Crippen LogP contribution is 2.40. The Morgan fingerprint density at radius 2 is 1.71 bits per heavy atom. The molecular weight excluding hydrogens is 331 g/mol. The predicted molar refractivity (Wildman–Crippen MR) is 87.0 cm³/mol. The summed E-state index contributed by atoms with van der Waals surface area (Å²) in [7, 11) is 1.93. The summed E-state index contributed by atoms with van der Waals surface area (Å²) < 4.78 is 28.8. The smallest absolute Gasteiger partial charge is 0.233 e. The molecule has 1 aromatic carbocycles. The number of hydrogen-bond donors (Lipinski definition) is 0. The molecule has 0 unspecified atom stereocenters. The molecule has 0 heterocycles. The Bertz CT molecular complexity index is 597. The van der Waals surface area contributed by atoms with Crippen LogP contribution >= 0.6 is 22.3 Å². The van der Waals surface area contributed by atoms with Crippen LogP contribution in [0.1, 0.15) is 36.8 Å². The maximum absolute atomic E-state index is 11.4. The molecule has 0 radical (unpaired) electrons. The highest BCUT2D eigenvalue weighted by Gasteiger charge is 2.38. The van der Waals surface area contributed by atoms with Crippen molar-refractivity contribution in [3.63, 3.8) is 0 Å². The standard InChI is InChI=1S/C15H20Cl2O3S/c1-11-7-13(8-12(2)14(11)16)20-9-15(5-3-4-6-15)10-21(17,18)19/h7-8H,3-6,9-10H2,1-2H3. The van der Waals surface area contributed by atoms with E-state index in [1.165, 1.54) is 0 Å². The number of ether oxygens (including phenoxy) is 1. The van der Waals surface area contributed by atoms with Gasteiger partial charge in [0.15, 0.2) is 0 Å². The summed E-state index contributed by atoms with van der Waals surface area (Å²) >= 11 is 6.14. The highest BCUT2D eigenvalue weighted by atomic mass is 35.7.